The smallest absolute Gasteiger partial charge is 0.331 e. The minimum absolute atomic E-state index is 0.0241. The standard InChI is InChI=1S/C19H25NO5S/c1-3-20(4-2)26(23,24)16-12-9-15(10-13-16)11-14-19(22)25-18-8-6-5-7-17(18)21/h9-14,18H,3-8H2,1-2H3/b14-11+. The Kier molecular flexibility index (Phi) is 7.11. The summed E-state index contributed by atoms with van der Waals surface area (Å²) >= 11 is 0. The maximum absolute atomic E-state index is 12.4. The van der Waals surface area contributed by atoms with Gasteiger partial charge in [0, 0.05) is 25.6 Å². The quantitative estimate of drug-likeness (QED) is 0.537. The molecule has 6 nitrogen and oxygen atoms in total. The molecular formula is C19H25NO5S. The number of carbonyl (C=O) groups excluding carboxylic acids is 2. The van der Waals surface area contributed by atoms with Crippen LogP contribution in [0.4, 0.5) is 0 Å². The van der Waals surface area contributed by atoms with E-state index in [0.29, 0.717) is 31.5 Å². The molecular weight excluding hydrogens is 354 g/mol. The van der Waals surface area contributed by atoms with E-state index in [-0.39, 0.29) is 10.7 Å². The summed E-state index contributed by atoms with van der Waals surface area (Å²) in [6, 6.07) is 6.30. The average molecular weight is 379 g/mol. The Labute approximate surface area is 154 Å². The molecule has 1 aliphatic carbocycles. The van der Waals surface area contributed by atoms with Gasteiger partial charge < -0.3 is 4.74 Å². The van der Waals surface area contributed by atoms with Crippen molar-refractivity contribution in [3.05, 3.63) is 35.9 Å². The summed E-state index contributed by atoms with van der Waals surface area (Å²) < 4.78 is 31.4. The van der Waals surface area contributed by atoms with Crippen LogP contribution in [0.2, 0.25) is 0 Å². The lowest BCUT2D eigenvalue weighted by atomic mass is 9.96. The minimum Gasteiger partial charge on any atom is -0.451 e. The van der Waals surface area contributed by atoms with Crippen LogP contribution in [0.15, 0.2) is 35.2 Å². The highest BCUT2D eigenvalue weighted by atomic mass is 32.2. The zero-order valence-corrected chi connectivity index (χ0v) is 16.0. The summed E-state index contributed by atoms with van der Waals surface area (Å²) in [5, 5.41) is 0. The Bertz CT molecular complexity index is 764. The highest BCUT2D eigenvalue weighted by Gasteiger charge is 2.25. The number of hydrogen-bond donors (Lipinski definition) is 0. The first-order valence-corrected chi connectivity index (χ1v) is 10.3. The fourth-order valence-corrected chi connectivity index (χ4v) is 4.34. The number of ether oxygens (including phenoxy) is 1. The number of sulfonamides is 1. The molecule has 2 rings (SSSR count). The zero-order chi connectivity index (χ0) is 19.2. The molecule has 0 heterocycles. The van der Waals surface area contributed by atoms with Crippen molar-refractivity contribution in [2.45, 2.75) is 50.5 Å². The number of Topliss-reactive ketones (excluding diaryl/α,β-unsaturated/α-hetero) is 1. The van der Waals surface area contributed by atoms with Gasteiger partial charge in [-0.2, -0.15) is 4.31 Å². The molecule has 0 radical (unpaired) electrons. The summed E-state index contributed by atoms with van der Waals surface area (Å²) in [5.74, 6) is -0.589. The normalized spacial score (nSPS) is 18.4. The summed E-state index contributed by atoms with van der Waals surface area (Å²) in [6.45, 7) is 4.40. The molecule has 1 aromatic rings. The van der Waals surface area contributed by atoms with E-state index in [9.17, 15) is 18.0 Å². The summed E-state index contributed by atoms with van der Waals surface area (Å²) in [4.78, 5) is 23.8. The van der Waals surface area contributed by atoms with E-state index in [2.05, 4.69) is 0 Å². The van der Waals surface area contributed by atoms with Crippen molar-refractivity contribution in [1.29, 1.82) is 0 Å². The van der Waals surface area contributed by atoms with E-state index in [4.69, 9.17) is 4.74 Å². The van der Waals surface area contributed by atoms with Gasteiger partial charge in [-0.05, 0) is 43.0 Å². The van der Waals surface area contributed by atoms with Gasteiger partial charge in [-0.15, -0.1) is 0 Å². The van der Waals surface area contributed by atoms with E-state index in [0.717, 1.165) is 12.8 Å². The van der Waals surface area contributed by atoms with Gasteiger partial charge in [0.05, 0.1) is 4.90 Å². The van der Waals surface area contributed by atoms with E-state index in [1.54, 1.807) is 32.1 Å². The third-order valence-corrected chi connectivity index (χ3v) is 6.46. The molecule has 0 bridgehead atoms. The molecule has 0 N–H and O–H groups in total. The van der Waals surface area contributed by atoms with E-state index < -0.39 is 22.1 Å². The lowest BCUT2D eigenvalue weighted by Gasteiger charge is -2.19. The number of nitrogens with zero attached hydrogens (tertiary/aromatic N) is 1. The van der Waals surface area contributed by atoms with Gasteiger partial charge in [-0.25, -0.2) is 13.2 Å². The predicted molar refractivity (Wildman–Crippen MR) is 98.9 cm³/mol. The number of ketones is 1. The lowest BCUT2D eigenvalue weighted by molar-refractivity contribution is -0.152. The van der Waals surface area contributed by atoms with Gasteiger partial charge in [0.1, 0.15) is 0 Å². The maximum atomic E-state index is 12.4. The van der Waals surface area contributed by atoms with Crippen molar-refractivity contribution in [2.24, 2.45) is 0 Å². The van der Waals surface area contributed by atoms with E-state index >= 15 is 0 Å². The van der Waals surface area contributed by atoms with Crippen LogP contribution < -0.4 is 0 Å². The van der Waals surface area contributed by atoms with E-state index in [1.165, 1.54) is 22.5 Å². The Morgan fingerprint density at radius 1 is 1.19 bits per heavy atom. The van der Waals surface area contributed by atoms with Crippen LogP contribution in [0.3, 0.4) is 0 Å². The Morgan fingerprint density at radius 3 is 2.42 bits per heavy atom. The van der Waals surface area contributed by atoms with Gasteiger partial charge in [0.25, 0.3) is 0 Å². The first-order chi connectivity index (χ1) is 12.4. The van der Waals surface area contributed by atoms with Crippen LogP contribution in [-0.4, -0.2) is 43.7 Å². The van der Waals surface area contributed by atoms with Crippen molar-refractivity contribution >= 4 is 27.9 Å². The Morgan fingerprint density at radius 2 is 1.85 bits per heavy atom. The largest absolute Gasteiger partial charge is 0.451 e. The molecule has 0 amide bonds. The van der Waals surface area contributed by atoms with Gasteiger partial charge in [0.2, 0.25) is 10.0 Å². The molecule has 1 atom stereocenters. The molecule has 142 valence electrons. The lowest BCUT2D eigenvalue weighted by Crippen LogP contribution is -2.30. The van der Waals surface area contributed by atoms with Crippen LogP contribution in [0.25, 0.3) is 6.08 Å². The summed E-state index contributed by atoms with van der Waals surface area (Å²) in [6.07, 6.45) is 4.95. The van der Waals surface area contributed by atoms with Crippen LogP contribution in [0.5, 0.6) is 0 Å². The molecule has 1 aromatic carbocycles. The van der Waals surface area contributed by atoms with Crippen LogP contribution in [-0.2, 0) is 24.3 Å². The molecule has 0 aromatic heterocycles. The van der Waals surface area contributed by atoms with Gasteiger partial charge in [0.15, 0.2) is 11.9 Å². The maximum Gasteiger partial charge on any atom is 0.331 e. The number of esters is 1. The first-order valence-electron chi connectivity index (χ1n) is 8.90. The minimum atomic E-state index is -3.49. The first kappa shape index (κ1) is 20.3. The molecule has 1 unspecified atom stereocenters. The molecule has 1 saturated carbocycles. The Hall–Kier alpha value is -1.99. The van der Waals surface area contributed by atoms with Gasteiger partial charge >= 0.3 is 5.97 Å². The second-order valence-corrected chi connectivity index (χ2v) is 8.07. The molecule has 0 saturated heterocycles. The van der Waals surface area contributed by atoms with Crippen LogP contribution >= 0.6 is 0 Å². The average Bonchev–Trinajstić information content (AvgIpc) is 2.63. The number of hydrogen-bond acceptors (Lipinski definition) is 5. The fourth-order valence-electron chi connectivity index (χ4n) is 2.88. The summed E-state index contributed by atoms with van der Waals surface area (Å²) in [5.41, 5.74) is 0.676. The van der Waals surface area contributed by atoms with Crippen LogP contribution in [0, 0.1) is 0 Å². The third-order valence-electron chi connectivity index (χ3n) is 4.39. The monoisotopic (exact) mass is 379 g/mol. The molecule has 0 spiro atoms. The second-order valence-electron chi connectivity index (χ2n) is 6.13. The van der Waals surface area contributed by atoms with Crippen LogP contribution in [0.1, 0.15) is 45.1 Å². The molecule has 7 heteroatoms. The zero-order valence-electron chi connectivity index (χ0n) is 15.2. The fraction of sp³-hybridized carbons (Fsp3) is 0.474. The molecule has 1 aliphatic rings. The highest BCUT2D eigenvalue weighted by molar-refractivity contribution is 7.89. The predicted octanol–water partition coefficient (Wildman–Crippen LogP) is 2.79. The van der Waals surface area contributed by atoms with Crippen molar-refractivity contribution < 1.29 is 22.7 Å². The van der Waals surface area contributed by atoms with Crippen molar-refractivity contribution in [2.75, 3.05) is 13.1 Å². The van der Waals surface area contributed by atoms with Crippen molar-refractivity contribution in [1.82, 2.24) is 4.31 Å². The Balaban J connectivity index is 2.01. The number of benzene rings is 1. The third kappa shape index (κ3) is 5.02. The second kappa shape index (κ2) is 9.09. The van der Waals surface area contributed by atoms with Gasteiger partial charge in [-0.3, -0.25) is 4.79 Å². The van der Waals surface area contributed by atoms with Crippen molar-refractivity contribution in [3.63, 3.8) is 0 Å². The molecule has 26 heavy (non-hydrogen) atoms. The number of carbonyl (C=O) groups is 2. The topological polar surface area (TPSA) is 80.8 Å². The summed E-state index contributed by atoms with van der Waals surface area (Å²) in [7, 11) is -3.49. The highest BCUT2D eigenvalue weighted by Crippen LogP contribution is 2.19. The molecule has 0 aliphatic heterocycles. The van der Waals surface area contributed by atoms with Gasteiger partial charge in [-0.1, -0.05) is 26.0 Å². The van der Waals surface area contributed by atoms with Crippen molar-refractivity contribution in [3.8, 4) is 0 Å². The van der Waals surface area contributed by atoms with E-state index in [1.807, 2.05) is 0 Å². The number of rotatable bonds is 7. The molecule has 1 fully saturated rings. The SMILES string of the molecule is CCN(CC)S(=O)(=O)c1ccc(/C=C/C(=O)OC2CCCCC2=O)cc1.